The normalized spacial score (nSPS) is 12.3. The van der Waals surface area contributed by atoms with Crippen molar-refractivity contribution in [1.82, 2.24) is 0 Å². The van der Waals surface area contributed by atoms with Crippen molar-refractivity contribution in [3.05, 3.63) is 60.4 Å². The second-order valence-corrected chi connectivity index (χ2v) is 7.19. The molecule has 0 heterocycles. The van der Waals surface area contributed by atoms with Crippen molar-refractivity contribution in [3.8, 4) is 0 Å². The minimum atomic E-state index is 0.190. The van der Waals surface area contributed by atoms with Gasteiger partial charge >= 0.3 is 0 Å². The lowest BCUT2D eigenvalue weighted by Gasteiger charge is -2.18. The third-order valence-corrected chi connectivity index (χ3v) is 5.13. The predicted octanol–water partition coefficient (Wildman–Crippen LogP) is 6.80. The van der Waals surface area contributed by atoms with Gasteiger partial charge in [-0.3, -0.25) is 0 Å². The summed E-state index contributed by atoms with van der Waals surface area (Å²) in [5.41, 5.74) is 2.23. The van der Waals surface area contributed by atoms with E-state index < -0.39 is 0 Å². The highest BCUT2D eigenvalue weighted by molar-refractivity contribution is 9.11. The summed E-state index contributed by atoms with van der Waals surface area (Å²) in [7, 11) is 0. The highest BCUT2D eigenvalue weighted by Crippen LogP contribution is 2.31. The van der Waals surface area contributed by atoms with Gasteiger partial charge in [-0.1, -0.05) is 49.5 Å². The van der Waals surface area contributed by atoms with Gasteiger partial charge in [0.25, 0.3) is 0 Å². The van der Waals surface area contributed by atoms with Crippen molar-refractivity contribution in [3.63, 3.8) is 0 Å². The Morgan fingerprint density at radius 3 is 2.37 bits per heavy atom. The lowest BCUT2D eigenvalue weighted by molar-refractivity contribution is 0.878. The van der Waals surface area contributed by atoms with Gasteiger partial charge < -0.3 is 5.32 Å². The molecule has 0 bridgehead atoms. The van der Waals surface area contributed by atoms with Crippen LogP contribution in [0.4, 0.5) is 5.69 Å². The van der Waals surface area contributed by atoms with E-state index in [1.54, 1.807) is 0 Å². The minimum Gasteiger partial charge on any atom is -0.378 e. The van der Waals surface area contributed by atoms with E-state index in [0.29, 0.717) is 5.02 Å². The van der Waals surface area contributed by atoms with Crippen LogP contribution in [0.1, 0.15) is 18.5 Å². The molecule has 2 aromatic carbocycles. The van der Waals surface area contributed by atoms with Crippen molar-refractivity contribution < 1.29 is 0 Å². The van der Waals surface area contributed by atoms with Crippen molar-refractivity contribution >= 4 is 65.1 Å². The molecule has 0 aliphatic heterocycles. The highest BCUT2D eigenvalue weighted by atomic mass is 79.9. The molecule has 0 aliphatic rings. The molecular formula is C14H11Br3ClN. The molecule has 5 heteroatoms. The van der Waals surface area contributed by atoms with Gasteiger partial charge in [0.05, 0.1) is 5.02 Å². The second-order valence-electron chi connectivity index (χ2n) is 4.16. The smallest absolute Gasteiger partial charge is 0.0549 e. The summed E-state index contributed by atoms with van der Waals surface area (Å²) in [5.74, 6) is 0. The Kier molecular flexibility index (Phi) is 5.35. The van der Waals surface area contributed by atoms with Gasteiger partial charge in [-0.15, -0.1) is 0 Å². The summed E-state index contributed by atoms with van der Waals surface area (Å²) < 4.78 is 3.03. The topological polar surface area (TPSA) is 12.0 Å². The summed E-state index contributed by atoms with van der Waals surface area (Å²) in [6.45, 7) is 2.12. The molecule has 0 saturated carbocycles. The number of hydrogen-bond donors (Lipinski definition) is 1. The van der Waals surface area contributed by atoms with Crippen LogP contribution in [0, 0.1) is 0 Å². The molecule has 0 aromatic heterocycles. The first kappa shape index (κ1) is 15.4. The standard InChI is InChI=1S/C14H11Br3ClN/c1-8(11-4-2-9(15)6-12(11)16)19-10-3-5-14(18)13(17)7-10/h2-8,19H,1H3. The van der Waals surface area contributed by atoms with E-state index in [0.717, 1.165) is 19.1 Å². The van der Waals surface area contributed by atoms with E-state index in [-0.39, 0.29) is 6.04 Å². The monoisotopic (exact) mass is 465 g/mol. The summed E-state index contributed by atoms with van der Waals surface area (Å²) in [6, 6.07) is 12.2. The van der Waals surface area contributed by atoms with Gasteiger partial charge in [-0.25, -0.2) is 0 Å². The molecule has 1 nitrogen and oxygen atoms in total. The van der Waals surface area contributed by atoms with E-state index in [1.807, 2.05) is 30.3 Å². The second kappa shape index (κ2) is 6.61. The molecule has 0 amide bonds. The Hall–Kier alpha value is -0.0300. The first-order valence-electron chi connectivity index (χ1n) is 5.64. The van der Waals surface area contributed by atoms with Crippen LogP contribution < -0.4 is 5.32 Å². The number of anilines is 1. The molecule has 2 aromatic rings. The maximum absolute atomic E-state index is 5.99. The van der Waals surface area contributed by atoms with Crippen LogP contribution >= 0.6 is 59.4 Å². The Morgan fingerprint density at radius 2 is 1.74 bits per heavy atom. The summed E-state index contributed by atoms with van der Waals surface area (Å²) in [5, 5.41) is 4.16. The molecule has 19 heavy (non-hydrogen) atoms. The lowest BCUT2D eigenvalue weighted by atomic mass is 10.1. The number of rotatable bonds is 3. The van der Waals surface area contributed by atoms with Gasteiger partial charge in [-0.05, 0) is 58.7 Å². The first-order chi connectivity index (χ1) is 8.97. The molecule has 1 unspecified atom stereocenters. The zero-order valence-corrected chi connectivity index (χ0v) is 15.6. The molecule has 1 atom stereocenters. The number of halogens is 4. The average molecular weight is 468 g/mol. The molecule has 0 spiro atoms. The molecule has 2 rings (SSSR count). The lowest BCUT2D eigenvalue weighted by Crippen LogP contribution is -2.07. The van der Waals surface area contributed by atoms with Crippen LogP contribution in [0.5, 0.6) is 0 Å². The van der Waals surface area contributed by atoms with E-state index >= 15 is 0 Å². The number of hydrogen-bond acceptors (Lipinski definition) is 1. The van der Waals surface area contributed by atoms with Crippen LogP contribution in [0.15, 0.2) is 49.8 Å². The Bertz CT molecular complexity index is 601. The van der Waals surface area contributed by atoms with Crippen molar-refractivity contribution in [2.45, 2.75) is 13.0 Å². The third kappa shape index (κ3) is 3.97. The van der Waals surface area contributed by atoms with Crippen LogP contribution in [0.3, 0.4) is 0 Å². The quantitative estimate of drug-likeness (QED) is 0.523. The highest BCUT2D eigenvalue weighted by Gasteiger charge is 2.10. The average Bonchev–Trinajstić information content (AvgIpc) is 2.33. The fourth-order valence-electron chi connectivity index (χ4n) is 1.77. The van der Waals surface area contributed by atoms with Crippen LogP contribution in [0.25, 0.3) is 0 Å². The zero-order chi connectivity index (χ0) is 14.0. The van der Waals surface area contributed by atoms with Gasteiger partial charge in [0.2, 0.25) is 0 Å². The van der Waals surface area contributed by atoms with Crippen molar-refractivity contribution in [1.29, 1.82) is 0 Å². The van der Waals surface area contributed by atoms with E-state index in [4.69, 9.17) is 11.6 Å². The maximum atomic E-state index is 5.99. The molecule has 0 radical (unpaired) electrons. The largest absolute Gasteiger partial charge is 0.378 e. The van der Waals surface area contributed by atoms with Crippen LogP contribution in [0.2, 0.25) is 5.02 Å². The first-order valence-corrected chi connectivity index (χ1v) is 8.39. The Morgan fingerprint density at radius 1 is 1.00 bits per heavy atom. The van der Waals surface area contributed by atoms with Crippen LogP contribution in [-0.2, 0) is 0 Å². The molecule has 0 aliphatic carbocycles. The maximum Gasteiger partial charge on any atom is 0.0549 e. The summed E-state index contributed by atoms with van der Waals surface area (Å²) in [4.78, 5) is 0. The Labute approximate surface area is 143 Å². The predicted molar refractivity (Wildman–Crippen MR) is 93.0 cm³/mol. The molecule has 1 N–H and O–H groups in total. The van der Waals surface area contributed by atoms with Crippen molar-refractivity contribution in [2.75, 3.05) is 5.32 Å². The van der Waals surface area contributed by atoms with Gasteiger partial charge in [0, 0.05) is 25.1 Å². The number of benzene rings is 2. The van der Waals surface area contributed by atoms with Gasteiger partial charge in [0.1, 0.15) is 0 Å². The zero-order valence-electron chi connectivity index (χ0n) is 10.1. The summed E-state index contributed by atoms with van der Waals surface area (Å²) >= 11 is 16.5. The van der Waals surface area contributed by atoms with E-state index in [9.17, 15) is 0 Å². The fourth-order valence-corrected chi connectivity index (χ4v) is 3.65. The Balaban J connectivity index is 2.20. The molecule has 0 fully saturated rings. The minimum absolute atomic E-state index is 0.190. The molecule has 100 valence electrons. The van der Waals surface area contributed by atoms with Crippen molar-refractivity contribution in [2.24, 2.45) is 0 Å². The molecule has 0 saturated heterocycles. The number of nitrogens with one attached hydrogen (secondary N) is 1. The third-order valence-electron chi connectivity index (χ3n) is 2.73. The van der Waals surface area contributed by atoms with E-state index in [2.05, 4.69) is 66.1 Å². The fraction of sp³-hybridized carbons (Fsp3) is 0.143. The van der Waals surface area contributed by atoms with Gasteiger partial charge in [-0.2, -0.15) is 0 Å². The summed E-state index contributed by atoms with van der Waals surface area (Å²) in [6.07, 6.45) is 0. The SMILES string of the molecule is CC(Nc1ccc(Cl)c(Br)c1)c1ccc(Br)cc1Br. The molecular weight excluding hydrogens is 457 g/mol. The van der Waals surface area contributed by atoms with E-state index in [1.165, 1.54) is 5.56 Å². The van der Waals surface area contributed by atoms with Gasteiger partial charge in [0.15, 0.2) is 0 Å². The van der Waals surface area contributed by atoms with Crippen LogP contribution in [-0.4, -0.2) is 0 Å².